The zero-order valence-corrected chi connectivity index (χ0v) is 20.4. The first-order valence-electron chi connectivity index (χ1n) is 12.5. The van der Waals surface area contributed by atoms with Gasteiger partial charge in [-0.25, -0.2) is 14.6 Å². The average Bonchev–Trinajstić information content (AvgIpc) is 3.51. The van der Waals surface area contributed by atoms with Gasteiger partial charge in [0.2, 0.25) is 0 Å². The van der Waals surface area contributed by atoms with Gasteiger partial charge in [0, 0.05) is 17.9 Å². The number of benzene rings is 2. The monoisotopic (exact) mass is 485 g/mol. The van der Waals surface area contributed by atoms with Crippen LogP contribution in [-0.2, 0) is 0 Å². The summed E-state index contributed by atoms with van der Waals surface area (Å²) in [4.78, 5) is 13.3. The van der Waals surface area contributed by atoms with Gasteiger partial charge in [-0.05, 0) is 43.5 Å². The summed E-state index contributed by atoms with van der Waals surface area (Å²) in [6.45, 7) is 2.25. The van der Waals surface area contributed by atoms with Crippen LogP contribution in [0.1, 0.15) is 51.5 Å². The number of aliphatic hydroxyl groups excluding tert-OH is 1. The normalized spacial score (nSPS) is 14.1. The van der Waals surface area contributed by atoms with Gasteiger partial charge in [0.1, 0.15) is 23.4 Å². The molecule has 0 saturated heterocycles. The van der Waals surface area contributed by atoms with E-state index in [0.717, 1.165) is 52.8 Å². The standard InChI is InChI=1S/C24H23N7O.C3H8O/c25-22-20-21(30-31(23(20)27-14-26-22)17-9-5-2-6-10-17)15-11-12-18-19(13-15)32-24(29-18)28-16-7-3-1-4-8-16;1-2-3-4/h1,3-4,7-8,11-14,17H,2,5-6,9-10H2,(H,28,29)(H2,25,26,27);4H,2-3H2,1H3. The number of nitrogens with one attached hydrogen (secondary N) is 1. The van der Waals surface area contributed by atoms with E-state index in [9.17, 15) is 0 Å². The van der Waals surface area contributed by atoms with Gasteiger partial charge in [0.05, 0.1) is 11.4 Å². The fourth-order valence-corrected chi connectivity index (χ4v) is 4.55. The number of nitrogen functional groups attached to an aromatic ring is 1. The molecule has 0 amide bonds. The second kappa shape index (κ2) is 10.7. The predicted octanol–water partition coefficient (Wildman–Crippen LogP) is 5.85. The molecule has 1 fully saturated rings. The van der Waals surface area contributed by atoms with Crippen LogP contribution in [-0.4, -0.2) is 36.4 Å². The van der Waals surface area contributed by atoms with E-state index >= 15 is 0 Å². The maximum absolute atomic E-state index is 7.88. The highest BCUT2D eigenvalue weighted by Crippen LogP contribution is 2.37. The Hall–Kier alpha value is -3.98. The summed E-state index contributed by atoms with van der Waals surface area (Å²) >= 11 is 0. The molecule has 9 nitrogen and oxygen atoms in total. The highest BCUT2D eigenvalue weighted by Gasteiger charge is 2.24. The van der Waals surface area contributed by atoms with Crippen LogP contribution >= 0.6 is 0 Å². The molecule has 0 radical (unpaired) electrons. The molecule has 0 atom stereocenters. The predicted molar refractivity (Wildman–Crippen MR) is 142 cm³/mol. The van der Waals surface area contributed by atoms with Crippen LogP contribution in [0, 0.1) is 0 Å². The van der Waals surface area contributed by atoms with E-state index in [-0.39, 0.29) is 0 Å². The Morgan fingerprint density at radius 3 is 2.61 bits per heavy atom. The van der Waals surface area contributed by atoms with E-state index in [1.165, 1.54) is 25.6 Å². The highest BCUT2D eigenvalue weighted by molar-refractivity contribution is 5.99. The van der Waals surface area contributed by atoms with Gasteiger partial charge in [0.25, 0.3) is 6.01 Å². The molecule has 0 unspecified atom stereocenters. The third kappa shape index (κ3) is 4.87. The molecule has 0 spiro atoms. The first kappa shape index (κ1) is 23.7. The largest absolute Gasteiger partial charge is 0.423 e. The van der Waals surface area contributed by atoms with Gasteiger partial charge in [-0.1, -0.05) is 50.5 Å². The Labute approximate surface area is 209 Å². The molecule has 1 aliphatic rings. The number of aromatic nitrogens is 5. The SMILES string of the molecule is CCCO.Nc1ncnc2c1c(-c1ccc3nc(Nc4ccccc4)oc3c1)nn2C1CCCCC1. The van der Waals surface area contributed by atoms with E-state index in [1.807, 2.05) is 55.5 Å². The summed E-state index contributed by atoms with van der Waals surface area (Å²) in [6, 6.07) is 16.5. The van der Waals surface area contributed by atoms with Crippen molar-refractivity contribution in [1.82, 2.24) is 24.7 Å². The second-order valence-electron chi connectivity index (χ2n) is 8.96. The van der Waals surface area contributed by atoms with Crippen molar-refractivity contribution in [2.75, 3.05) is 17.7 Å². The van der Waals surface area contributed by atoms with Gasteiger partial charge in [0.15, 0.2) is 11.2 Å². The summed E-state index contributed by atoms with van der Waals surface area (Å²) in [5.41, 5.74) is 11.1. The molecular formula is C27H31N7O2. The lowest BCUT2D eigenvalue weighted by atomic mass is 9.96. The average molecular weight is 486 g/mol. The topological polar surface area (TPSA) is 128 Å². The maximum atomic E-state index is 7.88. The van der Waals surface area contributed by atoms with E-state index in [2.05, 4.69) is 25.0 Å². The third-order valence-electron chi connectivity index (χ3n) is 6.35. The summed E-state index contributed by atoms with van der Waals surface area (Å²) in [6.07, 6.45) is 8.31. The molecule has 4 N–H and O–H groups in total. The van der Waals surface area contributed by atoms with Gasteiger partial charge < -0.3 is 20.6 Å². The van der Waals surface area contributed by atoms with Crippen LogP contribution in [0.5, 0.6) is 0 Å². The number of fused-ring (bicyclic) bond motifs is 2. The maximum Gasteiger partial charge on any atom is 0.300 e. The van der Waals surface area contributed by atoms with Crippen molar-refractivity contribution in [3.05, 3.63) is 54.9 Å². The van der Waals surface area contributed by atoms with E-state index < -0.39 is 0 Å². The lowest BCUT2D eigenvalue weighted by Crippen LogP contribution is -2.14. The van der Waals surface area contributed by atoms with Crippen LogP contribution < -0.4 is 11.1 Å². The molecular weight excluding hydrogens is 454 g/mol. The van der Waals surface area contributed by atoms with E-state index in [1.54, 1.807) is 0 Å². The summed E-state index contributed by atoms with van der Waals surface area (Å²) < 4.78 is 8.03. The second-order valence-corrected chi connectivity index (χ2v) is 8.96. The number of anilines is 3. The third-order valence-corrected chi connectivity index (χ3v) is 6.35. The van der Waals surface area contributed by atoms with Crippen LogP contribution in [0.3, 0.4) is 0 Å². The number of oxazole rings is 1. The first-order valence-corrected chi connectivity index (χ1v) is 12.5. The minimum atomic E-state index is 0.319. The summed E-state index contributed by atoms with van der Waals surface area (Å²) in [5, 5.41) is 16.8. The molecule has 1 aliphatic carbocycles. The van der Waals surface area contributed by atoms with Crippen LogP contribution in [0.2, 0.25) is 0 Å². The molecule has 6 rings (SSSR count). The molecule has 0 aliphatic heterocycles. The quantitative estimate of drug-likeness (QED) is 0.283. The lowest BCUT2D eigenvalue weighted by molar-refractivity contribution is 0.295. The lowest BCUT2D eigenvalue weighted by Gasteiger charge is -2.22. The molecule has 1 saturated carbocycles. The molecule has 2 aromatic carbocycles. The number of hydrogen-bond acceptors (Lipinski definition) is 8. The molecule has 36 heavy (non-hydrogen) atoms. The fourth-order valence-electron chi connectivity index (χ4n) is 4.55. The van der Waals surface area contributed by atoms with Crippen LogP contribution in [0.25, 0.3) is 33.4 Å². The number of para-hydroxylation sites is 1. The smallest absolute Gasteiger partial charge is 0.300 e. The Kier molecular flexibility index (Phi) is 7.08. The zero-order chi connectivity index (χ0) is 24.9. The van der Waals surface area contributed by atoms with Crippen LogP contribution in [0.4, 0.5) is 17.5 Å². The number of nitrogens with zero attached hydrogens (tertiary/aromatic N) is 5. The van der Waals surface area contributed by atoms with Gasteiger partial charge in [-0.15, -0.1) is 0 Å². The zero-order valence-electron chi connectivity index (χ0n) is 20.4. The Morgan fingerprint density at radius 1 is 1.08 bits per heavy atom. The van der Waals surface area contributed by atoms with Crippen molar-refractivity contribution in [1.29, 1.82) is 0 Å². The molecule has 186 valence electrons. The molecule has 3 aromatic heterocycles. The summed E-state index contributed by atoms with van der Waals surface area (Å²) in [5.74, 6) is 0.441. The Bertz CT molecular complexity index is 1440. The molecule has 3 heterocycles. The van der Waals surface area contributed by atoms with Crippen molar-refractivity contribution < 1.29 is 9.52 Å². The van der Waals surface area contributed by atoms with Crippen molar-refractivity contribution in [2.45, 2.75) is 51.5 Å². The summed E-state index contributed by atoms with van der Waals surface area (Å²) in [7, 11) is 0. The number of nitrogens with two attached hydrogens (primary N) is 1. The Balaban J connectivity index is 0.000000623. The highest BCUT2D eigenvalue weighted by atomic mass is 16.4. The van der Waals surface area contributed by atoms with Gasteiger partial charge in [-0.3, -0.25) is 0 Å². The van der Waals surface area contributed by atoms with Crippen LogP contribution in [0.15, 0.2) is 59.3 Å². The van der Waals surface area contributed by atoms with Crippen molar-refractivity contribution >= 4 is 39.7 Å². The van der Waals surface area contributed by atoms with E-state index in [4.69, 9.17) is 20.4 Å². The van der Waals surface area contributed by atoms with Crippen molar-refractivity contribution in [2.24, 2.45) is 0 Å². The molecule has 0 bridgehead atoms. The minimum absolute atomic E-state index is 0.319. The minimum Gasteiger partial charge on any atom is -0.423 e. The van der Waals surface area contributed by atoms with E-state index in [0.29, 0.717) is 30.1 Å². The first-order chi connectivity index (χ1) is 17.7. The van der Waals surface area contributed by atoms with Gasteiger partial charge >= 0.3 is 0 Å². The Morgan fingerprint density at radius 2 is 1.86 bits per heavy atom. The number of rotatable bonds is 5. The molecule has 5 aromatic rings. The number of aliphatic hydroxyl groups is 1. The van der Waals surface area contributed by atoms with Crippen molar-refractivity contribution in [3.8, 4) is 11.3 Å². The number of hydrogen-bond donors (Lipinski definition) is 3. The fraction of sp³-hybridized carbons (Fsp3) is 0.333. The van der Waals surface area contributed by atoms with Crippen molar-refractivity contribution in [3.63, 3.8) is 0 Å². The van der Waals surface area contributed by atoms with Gasteiger partial charge in [-0.2, -0.15) is 10.1 Å². The molecule has 9 heteroatoms.